The lowest BCUT2D eigenvalue weighted by Crippen LogP contribution is -2.38. The maximum Gasteiger partial charge on any atom is 0.00952 e. The van der Waals surface area contributed by atoms with Crippen LogP contribution in [0.5, 0.6) is 0 Å². The minimum absolute atomic E-state index is 0.889. The van der Waals surface area contributed by atoms with Crippen molar-refractivity contribution in [2.45, 2.75) is 59.4 Å². The summed E-state index contributed by atoms with van der Waals surface area (Å²) < 4.78 is 0. The number of hydrogen-bond acceptors (Lipinski definition) is 1. The Hall–Kier alpha value is -0.0400. The van der Waals surface area contributed by atoms with Gasteiger partial charge in [0.1, 0.15) is 0 Å². The van der Waals surface area contributed by atoms with Crippen LogP contribution in [0.3, 0.4) is 0 Å². The summed E-state index contributed by atoms with van der Waals surface area (Å²) in [4.78, 5) is 2.64. The van der Waals surface area contributed by atoms with Gasteiger partial charge in [-0.3, -0.25) is 0 Å². The van der Waals surface area contributed by atoms with Crippen LogP contribution in [0, 0.1) is 11.8 Å². The summed E-state index contributed by atoms with van der Waals surface area (Å²) in [5, 5.41) is 0. The standard InChI is InChI=1S/C13H27N/c1-5-14(6-2)13-9-7-12(8-10-13)11(3)4/h11-13H,5-10H2,1-4H3/t12-,13-. The van der Waals surface area contributed by atoms with E-state index in [9.17, 15) is 0 Å². The third kappa shape index (κ3) is 2.98. The third-order valence-corrected chi connectivity index (χ3v) is 4.01. The van der Waals surface area contributed by atoms with Gasteiger partial charge in [0.25, 0.3) is 0 Å². The molecule has 0 bridgehead atoms. The van der Waals surface area contributed by atoms with E-state index in [2.05, 4.69) is 32.6 Å². The van der Waals surface area contributed by atoms with Gasteiger partial charge in [-0.15, -0.1) is 0 Å². The zero-order valence-corrected chi connectivity index (χ0v) is 10.4. The van der Waals surface area contributed by atoms with Gasteiger partial charge in [-0.2, -0.15) is 0 Å². The van der Waals surface area contributed by atoms with Crippen molar-refractivity contribution in [2.24, 2.45) is 11.8 Å². The van der Waals surface area contributed by atoms with Crippen molar-refractivity contribution < 1.29 is 0 Å². The molecule has 0 aromatic carbocycles. The van der Waals surface area contributed by atoms with Crippen LogP contribution in [0.25, 0.3) is 0 Å². The predicted molar refractivity (Wildman–Crippen MR) is 63.5 cm³/mol. The summed E-state index contributed by atoms with van der Waals surface area (Å²) in [7, 11) is 0. The minimum Gasteiger partial charge on any atom is -0.301 e. The first-order chi connectivity index (χ1) is 6.69. The zero-order chi connectivity index (χ0) is 10.6. The fraction of sp³-hybridized carbons (Fsp3) is 1.00. The van der Waals surface area contributed by atoms with Crippen molar-refractivity contribution in [1.29, 1.82) is 0 Å². The van der Waals surface area contributed by atoms with Gasteiger partial charge in [0.2, 0.25) is 0 Å². The molecule has 0 unspecified atom stereocenters. The second-order valence-corrected chi connectivity index (χ2v) is 5.03. The molecule has 0 saturated heterocycles. The lowest BCUT2D eigenvalue weighted by Gasteiger charge is -2.37. The van der Waals surface area contributed by atoms with E-state index in [-0.39, 0.29) is 0 Å². The Labute approximate surface area is 89.9 Å². The van der Waals surface area contributed by atoms with Gasteiger partial charge in [0.05, 0.1) is 0 Å². The molecule has 1 rings (SSSR count). The van der Waals surface area contributed by atoms with Gasteiger partial charge in [0, 0.05) is 6.04 Å². The molecule has 0 atom stereocenters. The van der Waals surface area contributed by atoms with Crippen LogP contribution in [-0.2, 0) is 0 Å². The maximum absolute atomic E-state index is 2.64. The first kappa shape index (κ1) is 12.0. The van der Waals surface area contributed by atoms with Crippen LogP contribution >= 0.6 is 0 Å². The van der Waals surface area contributed by atoms with Gasteiger partial charge in [-0.05, 0) is 50.6 Å². The molecule has 0 N–H and O–H groups in total. The molecule has 0 amide bonds. The highest BCUT2D eigenvalue weighted by molar-refractivity contribution is 4.79. The monoisotopic (exact) mass is 197 g/mol. The van der Waals surface area contributed by atoms with E-state index in [4.69, 9.17) is 0 Å². The van der Waals surface area contributed by atoms with Gasteiger partial charge < -0.3 is 4.90 Å². The second-order valence-electron chi connectivity index (χ2n) is 5.03. The summed E-state index contributed by atoms with van der Waals surface area (Å²) in [6.45, 7) is 11.8. The van der Waals surface area contributed by atoms with Crippen molar-refractivity contribution in [3.05, 3.63) is 0 Å². The fourth-order valence-electron chi connectivity index (χ4n) is 2.87. The molecule has 0 radical (unpaired) electrons. The number of rotatable bonds is 4. The van der Waals surface area contributed by atoms with E-state index in [1.165, 1.54) is 38.8 Å². The Morgan fingerprint density at radius 3 is 1.86 bits per heavy atom. The lowest BCUT2D eigenvalue weighted by molar-refractivity contribution is 0.133. The summed E-state index contributed by atoms with van der Waals surface area (Å²) in [6, 6.07) is 0.889. The zero-order valence-electron chi connectivity index (χ0n) is 10.4. The Balaban J connectivity index is 2.34. The molecule has 84 valence electrons. The van der Waals surface area contributed by atoms with Crippen molar-refractivity contribution >= 4 is 0 Å². The Bertz CT molecular complexity index is 141. The number of nitrogens with zero attached hydrogens (tertiary/aromatic N) is 1. The van der Waals surface area contributed by atoms with E-state index >= 15 is 0 Å². The molecule has 1 nitrogen and oxygen atoms in total. The highest BCUT2D eigenvalue weighted by Crippen LogP contribution is 2.31. The summed E-state index contributed by atoms with van der Waals surface area (Å²) in [5.74, 6) is 1.90. The van der Waals surface area contributed by atoms with Gasteiger partial charge in [-0.25, -0.2) is 0 Å². The van der Waals surface area contributed by atoms with Crippen LogP contribution < -0.4 is 0 Å². The lowest BCUT2D eigenvalue weighted by atomic mass is 9.79. The minimum atomic E-state index is 0.889. The molecule has 0 spiro atoms. The van der Waals surface area contributed by atoms with Crippen molar-refractivity contribution in [3.8, 4) is 0 Å². The molecule has 1 aliphatic rings. The smallest absolute Gasteiger partial charge is 0.00952 e. The molecule has 1 saturated carbocycles. The van der Waals surface area contributed by atoms with E-state index < -0.39 is 0 Å². The second kappa shape index (κ2) is 5.75. The van der Waals surface area contributed by atoms with Crippen LogP contribution in [-0.4, -0.2) is 24.0 Å². The van der Waals surface area contributed by atoms with Crippen molar-refractivity contribution in [2.75, 3.05) is 13.1 Å². The van der Waals surface area contributed by atoms with Crippen molar-refractivity contribution in [3.63, 3.8) is 0 Å². The quantitative estimate of drug-likeness (QED) is 0.666. The largest absolute Gasteiger partial charge is 0.301 e. The van der Waals surface area contributed by atoms with E-state index in [1.54, 1.807) is 0 Å². The topological polar surface area (TPSA) is 3.24 Å². The summed E-state index contributed by atoms with van der Waals surface area (Å²) in [5.41, 5.74) is 0. The molecular formula is C13H27N. The van der Waals surface area contributed by atoms with Crippen LogP contribution in [0.15, 0.2) is 0 Å². The highest BCUT2D eigenvalue weighted by atomic mass is 15.1. The van der Waals surface area contributed by atoms with Gasteiger partial charge in [-0.1, -0.05) is 27.7 Å². The molecule has 0 aromatic heterocycles. The number of hydrogen-bond donors (Lipinski definition) is 0. The average Bonchev–Trinajstić information content (AvgIpc) is 2.20. The van der Waals surface area contributed by atoms with Gasteiger partial charge >= 0.3 is 0 Å². The molecule has 14 heavy (non-hydrogen) atoms. The first-order valence-corrected chi connectivity index (χ1v) is 6.43. The summed E-state index contributed by atoms with van der Waals surface area (Å²) >= 11 is 0. The normalized spacial score (nSPS) is 28.7. The van der Waals surface area contributed by atoms with Gasteiger partial charge in [0.15, 0.2) is 0 Å². The molecule has 0 aromatic rings. The van der Waals surface area contributed by atoms with E-state index in [0.29, 0.717) is 0 Å². The van der Waals surface area contributed by atoms with E-state index in [1.807, 2.05) is 0 Å². The third-order valence-electron chi connectivity index (χ3n) is 4.01. The fourth-order valence-corrected chi connectivity index (χ4v) is 2.87. The molecule has 1 fully saturated rings. The van der Waals surface area contributed by atoms with Crippen LogP contribution in [0.4, 0.5) is 0 Å². The SMILES string of the molecule is CCN(CC)[C@H]1CC[C@H](C(C)C)CC1. The molecule has 0 aliphatic heterocycles. The first-order valence-electron chi connectivity index (χ1n) is 6.43. The maximum atomic E-state index is 2.64. The molecule has 0 heterocycles. The Kier molecular flexibility index (Phi) is 4.94. The molecule has 1 heteroatoms. The van der Waals surface area contributed by atoms with Crippen molar-refractivity contribution in [1.82, 2.24) is 4.90 Å². The predicted octanol–water partition coefficient (Wildman–Crippen LogP) is 3.54. The Morgan fingerprint density at radius 2 is 1.50 bits per heavy atom. The van der Waals surface area contributed by atoms with E-state index in [0.717, 1.165) is 17.9 Å². The summed E-state index contributed by atoms with van der Waals surface area (Å²) in [6.07, 6.45) is 5.78. The van der Waals surface area contributed by atoms with Crippen LogP contribution in [0.1, 0.15) is 53.4 Å². The highest BCUT2D eigenvalue weighted by Gasteiger charge is 2.25. The van der Waals surface area contributed by atoms with Crippen LogP contribution in [0.2, 0.25) is 0 Å². The Morgan fingerprint density at radius 1 is 1.00 bits per heavy atom. The average molecular weight is 197 g/mol. The molecule has 1 aliphatic carbocycles. The molecular weight excluding hydrogens is 170 g/mol.